The van der Waals surface area contributed by atoms with E-state index in [0.717, 1.165) is 24.3 Å². The summed E-state index contributed by atoms with van der Waals surface area (Å²) in [5.74, 6) is -0.783. The maximum absolute atomic E-state index is 13.5. The van der Waals surface area contributed by atoms with Crippen molar-refractivity contribution >= 4 is 37.4 Å². The first-order valence-electron chi connectivity index (χ1n) is 7.55. The van der Waals surface area contributed by atoms with Crippen LogP contribution in [0.2, 0.25) is 5.02 Å². The minimum atomic E-state index is -5.64. The Morgan fingerprint density at radius 2 is 1.89 bits per heavy atom. The number of nitrogens with one attached hydrogen (secondary N) is 1. The van der Waals surface area contributed by atoms with Gasteiger partial charge in [0.2, 0.25) is 0 Å². The molecule has 0 heterocycles. The molecule has 28 heavy (non-hydrogen) atoms. The summed E-state index contributed by atoms with van der Waals surface area (Å²) in [4.78, 5) is -0.970. The van der Waals surface area contributed by atoms with E-state index in [1.165, 1.54) is 6.07 Å². The summed E-state index contributed by atoms with van der Waals surface area (Å²) in [7, 11) is -5.64. The van der Waals surface area contributed by atoms with Crippen LogP contribution in [0.3, 0.4) is 0 Å². The van der Waals surface area contributed by atoms with Crippen LogP contribution in [-0.4, -0.2) is 32.2 Å². The lowest BCUT2D eigenvalue weighted by molar-refractivity contribution is -0.0436. The van der Waals surface area contributed by atoms with E-state index in [0.29, 0.717) is 0 Å². The highest BCUT2D eigenvalue weighted by Gasteiger charge is 2.48. The molecule has 0 aliphatic heterocycles. The number of aliphatic hydroxyl groups is 1. The summed E-state index contributed by atoms with van der Waals surface area (Å²) < 4.78 is 81.6. The molecule has 12 heteroatoms. The molecule has 0 aliphatic carbocycles. The molecule has 2 N–H and O–H groups in total. The van der Waals surface area contributed by atoms with Gasteiger partial charge in [-0.05, 0) is 40.2 Å². The van der Waals surface area contributed by atoms with Crippen molar-refractivity contribution in [2.24, 2.45) is 0 Å². The third kappa shape index (κ3) is 5.15. The molecule has 2 rings (SSSR count). The molecule has 0 unspecified atom stereocenters. The minimum Gasteiger partial charge on any atom is -0.456 e. The third-order valence-corrected chi connectivity index (χ3v) is 6.07. The van der Waals surface area contributed by atoms with Crippen LogP contribution in [0.25, 0.3) is 0 Å². The summed E-state index contributed by atoms with van der Waals surface area (Å²) in [6, 6.07) is 5.08. The molecular formula is C16H13BrClF4NO4S. The monoisotopic (exact) mass is 505 g/mol. The van der Waals surface area contributed by atoms with Gasteiger partial charge < -0.3 is 15.2 Å². The Morgan fingerprint density at radius 3 is 2.46 bits per heavy atom. The van der Waals surface area contributed by atoms with Gasteiger partial charge in [0, 0.05) is 29.7 Å². The molecule has 0 fully saturated rings. The highest BCUT2D eigenvalue weighted by atomic mass is 79.9. The number of ether oxygens (including phenoxy) is 1. The van der Waals surface area contributed by atoms with Gasteiger partial charge in [-0.15, -0.1) is 0 Å². The van der Waals surface area contributed by atoms with E-state index in [-0.39, 0.29) is 46.3 Å². The van der Waals surface area contributed by atoms with Crippen molar-refractivity contribution < 1.29 is 35.8 Å². The number of sulfone groups is 1. The summed E-state index contributed by atoms with van der Waals surface area (Å²) in [6.45, 7) is -0.605. The van der Waals surface area contributed by atoms with Crippen LogP contribution < -0.4 is 10.1 Å². The van der Waals surface area contributed by atoms with Gasteiger partial charge >= 0.3 is 5.51 Å². The van der Waals surface area contributed by atoms with Crippen molar-refractivity contribution in [2.45, 2.75) is 16.9 Å². The van der Waals surface area contributed by atoms with Crippen molar-refractivity contribution in [3.63, 3.8) is 0 Å². The fourth-order valence-electron chi connectivity index (χ4n) is 2.21. The van der Waals surface area contributed by atoms with E-state index in [4.69, 9.17) is 21.4 Å². The van der Waals surface area contributed by atoms with Crippen molar-refractivity contribution in [3.8, 4) is 11.5 Å². The van der Waals surface area contributed by atoms with Crippen LogP contribution >= 0.6 is 27.5 Å². The molecular weight excluding hydrogens is 494 g/mol. The Bertz CT molecular complexity index is 950. The lowest BCUT2D eigenvalue weighted by Crippen LogP contribution is -2.26. The molecule has 0 radical (unpaired) electrons. The number of aliphatic hydroxyl groups excluding tert-OH is 1. The molecule has 0 spiro atoms. The Hall–Kier alpha value is -1.40. The molecule has 0 amide bonds. The van der Waals surface area contributed by atoms with E-state index in [1.54, 1.807) is 0 Å². The smallest absolute Gasteiger partial charge is 0.456 e. The van der Waals surface area contributed by atoms with E-state index in [2.05, 4.69) is 21.2 Å². The van der Waals surface area contributed by atoms with Gasteiger partial charge in [0.1, 0.15) is 17.3 Å². The first-order chi connectivity index (χ1) is 13.0. The summed E-state index contributed by atoms with van der Waals surface area (Å²) >= 11 is 8.79. The van der Waals surface area contributed by atoms with Gasteiger partial charge in [0.15, 0.2) is 0 Å². The zero-order valence-electron chi connectivity index (χ0n) is 13.9. The Balaban J connectivity index is 2.54. The maximum Gasteiger partial charge on any atom is 0.501 e. The molecule has 2 aromatic carbocycles. The number of benzene rings is 2. The first kappa shape index (κ1) is 22.9. The quantitative estimate of drug-likeness (QED) is 0.430. The maximum atomic E-state index is 13.5. The normalized spacial score (nSPS) is 12.2. The minimum absolute atomic E-state index is 0.0164. The van der Waals surface area contributed by atoms with Crippen molar-refractivity contribution in [2.75, 3.05) is 13.2 Å². The van der Waals surface area contributed by atoms with Crippen molar-refractivity contribution in [1.82, 2.24) is 5.32 Å². The molecule has 0 aliphatic rings. The Morgan fingerprint density at radius 1 is 1.21 bits per heavy atom. The molecule has 0 saturated heterocycles. The second kappa shape index (κ2) is 8.95. The van der Waals surface area contributed by atoms with Crippen LogP contribution in [0.1, 0.15) is 5.56 Å². The zero-order chi connectivity index (χ0) is 21.1. The van der Waals surface area contributed by atoms with Gasteiger partial charge in [-0.2, -0.15) is 13.2 Å². The largest absolute Gasteiger partial charge is 0.501 e. The number of hydrogen-bond acceptors (Lipinski definition) is 5. The van der Waals surface area contributed by atoms with Crippen molar-refractivity contribution in [3.05, 3.63) is 51.2 Å². The van der Waals surface area contributed by atoms with E-state index < -0.39 is 26.1 Å². The SMILES string of the molecule is O=S(=O)(c1ccc(Oc2cc(F)cc(Cl)c2)c(Br)c1CNCCO)C(F)(F)F. The fraction of sp³-hybridized carbons (Fsp3) is 0.250. The number of alkyl halides is 3. The molecule has 0 aromatic heterocycles. The van der Waals surface area contributed by atoms with Crippen LogP contribution in [0.15, 0.2) is 39.7 Å². The van der Waals surface area contributed by atoms with Crippen LogP contribution in [0, 0.1) is 5.82 Å². The molecule has 2 aromatic rings. The predicted molar refractivity (Wildman–Crippen MR) is 97.7 cm³/mol. The number of halogens is 6. The topological polar surface area (TPSA) is 75.6 Å². The number of hydrogen-bond donors (Lipinski definition) is 2. The summed E-state index contributed by atoms with van der Waals surface area (Å²) in [5, 5.41) is 11.5. The highest BCUT2D eigenvalue weighted by Crippen LogP contribution is 2.40. The van der Waals surface area contributed by atoms with E-state index in [1.807, 2.05) is 0 Å². The van der Waals surface area contributed by atoms with Crippen molar-refractivity contribution in [1.29, 1.82) is 0 Å². The molecule has 0 saturated carbocycles. The van der Waals surface area contributed by atoms with Gasteiger partial charge in [-0.3, -0.25) is 0 Å². The predicted octanol–water partition coefficient (Wildman–Crippen LogP) is 4.41. The standard InChI is InChI=1S/C16H13BrClF4NO4S/c17-15-12(8-23-3-4-24)14(28(25,26)16(20,21)22)2-1-13(15)27-11-6-9(18)5-10(19)7-11/h1-2,5-7,23-24H,3-4,8H2. The lowest BCUT2D eigenvalue weighted by atomic mass is 10.2. The van der Waals surface area contributed by atoms with Gasteiger partial charge in [-0.1, -0.05) is 11.6 Å². The van der Waals surface area contributed by atoms with E-state index >= 15 is 0 Å². The Kier molecular flexibility index (Phi) is 7.32. The average molecular weight is 507 g/mol. The number of rotatable bonds is 7. The highest BCUT2D eigenvalue weighted by molar-refractivity contribution is 9.10. The summed E-state index contributed by atoms with van der Waals surface area (Å²) in [6.07, 6.45) is 0. The van der Waals surface area contributed by atoms with Crippen LogP contribution in [-0.2, 0) is 16.4 Å². The van der Waals surface area contributed by atoms with E-state index in [9.17, 15) is 26.0 Å². The van der Waals surface area contributed by atoms with Crippen LogP contribution in [0.4, 0.5) is 17.6 Å². The molecule has 154 valence electrons. The lowest BCUT2D eigenvalue weighted by Gasteiger charge is -2.17. The van der Waals surface area contributed by atoms with Gasteiger partial charge in [0.25, 0.3) is 9.84 Å². The Labute approximate surface area is 171 Å². The van der Waals surface area contributed by atoms with Gasteiger partial charge in [-0.25, -0.2) is 12.8 Å². The molecule has 0 atom stereocenters. The summed E-state index contributed by atoms with van der Waals surface area (Å²) in [5.41, 5.74) is -5.76. The second-order valence-corrected chi connectivity index (χ2v) is 8.55. The average Bonchev–Trinajstić information content (AvgIpc) is 2.56. The third-order valence-electron chi connectivity index (χ3n) is 3.41. The van der Waals surface area contributed by atoms with Crippen LogP contribution in [0.5, 0.6) is 11.5 Å². The van der Waals surface area contributed by atoms with Gasteiger partial charge in [0.05, 0.1) is 16.0 Å². The first-order valence-corrected chi connectivity index (χ1v) is 10.2. The zero-order valence-corrected chi connectivity index (χ0v) is 17.0. The molecule has 0 bridgehead atoms. The second-order valence-electron chi connectivity index (χ2n) is 5.41. The fourth-order valence-corrected chi connectivity index (χ4v) is 4.11. The molecule has 5 nitrogen and oxygen atoms in total.